The Morgan fingerprint density at radius 3 is 3.06 bits per heavy atom. The van der Waals surface area contributed by atoms with Crippen LogP contribution in [0.1, 0.15) is 9.67 Å². The molecular weight excluding hydrogens is 324 g/mol. The highest BCUT2D eigenvalue weighted by Gasteiger charge is 2.26. The van der Waals surface area contributed by atoms with Gasteiger partial charge in [-0.15, -0.1) is 0 Å². The van der Waals surface area contributed by atoms with Gasteiger partial charge in [-0.1, -0.05) is 27.3 Å². The summed E-state index contributed by atoms with van der Waals surface area (Å²) in [5.41, 5.74) is 0. The van der Waals surface area contributed by atoms with Crippen molar-refractivity contribution in [2.24, 2.45) is 0 Å². The van der Waals surface area contributed by atoms with Gasteiger partial charge in [-0.25, -0.2) is 0 Å². The number of alkyl halides is 1. The largest absolute Gasteiger partial charge is 0.374 e. The van der Waals surface area contributed by atoms with Crippen LogP contribution < -0.4 is 0 Å². The second kappa shape index (κ2) is 5.77. The highest BCUT2D eigenvalue weighted by atomic mass is 79.9. The maximum Gasteiger partial charge on any atom is 0.324 e. The summed E-state index contributed by atoms with van der Waals surface area (Å²) in [6, 6.07) is 2.87. The van der Waals surface area contributed by atoms with E-state index in [1.807, 2.05) is 0 Å². The van der Waals surface area contributed by atoms with Crippen LogP contribution in [-0.4, -0.2) is 46.9 Å². The van der Waals surface area contributed by atoms with Gasteiger partial charge in [0.1, 0.15) is 0 Å². The van der Waals surface area contributed by atoms with E-state index in [1.165, 1.54) is 12.1 Å². The molecule has 1 saturated heterocycles. The molecule has 0 bridgehead atoms. The third-order valence-corrected chi connectivity index (χ3v) is 4.33. The van der Waals surface area contributed by atoms with Gasteiger partial charge in [0.2, 0.25) is 0 Å². The zero-order chi connectivity index (χ0) is 13.1. The fraction of sp³-hybridized carbons (Fsp3) is 0.500. The number of carbonyl (C=O) groups excluding carboxylic acids is 1. The Hall–Kier alpha value is -0.990. The minimum atomic E-state index is -0.484. The minimum Gasteiger partial charge on any atom is -0.374 e. The molecule has 1 unspecified atom stereocenters. The van der Waals surface area contributed by atoms with Crippen LogP contribution in [0.3, 0.4) is 0 Å². The summed E-state index contributed by atoms with van der Waals surface area (Å²) in [4.78, 5) is 24.3. The van der Waals surface area contributed by atoms with Gasteiger partial charge in [-0.05, 0) is 6.07 Å². The van der Waals surface area contributed by atoms with Gasteiger partial charge in [-0.2, -0.15) is 0 Å². The standard InChI is InChI=1S/C10H11BrN2O4S/c11-5-7-6-12(3-4-17-7)10(14)8-1-2-9(18-8)13(15)16/h1-2,7H,3-6H2. The van der Waals surface area contributed by atoms with Crippen molar-refractivity contribution in [3.05, 3.63) is 27.1 Å². The number of amides is 1. The van der Waals surface area contributed by atoms with E-state index in [-0.39, 0.29) is 17.0 Å². The molecule has 1 aromatic rings. The number of hydrogen-bond donors (Lipinski definition) is 0. The van der Waals surface area contributed by atoms with Gasteiger partial charge in [-0.3, -0.25) is 14.9 Å². The summed E-state index contributed by atoms with van der Waals surface area (Å²) < 4.78 is 5.44. The number of halogens is 1. The highest BCUT2D eigenvalue weighted by molar-refractivity contribution is 9.09. The van der Waals surface area contributed by atoms with Crippen molar-refractivity contribution in [1.82, 2.24) is 4.90 Å². The number of nitro groups is 1. The molecule has 0 N–H and O–H groups in total. The molecule has 0 saturated carbocycles. The highest BCUT2D eigenvalue weighted by Crippen LogP contribution is 2.25. The zero-order valence-corrected chi connectivity index (χ0v) is 11.8. The molecule has 1 aliphatic heterocycles. The quantitative estimate of drug-likeness (QED) is 0.480. The first-order valence-corrected chi connectivity index (χ1v) is 7.26. The van der Waals surface area contributed by atoms with Crippen molar-refractivity contribution < 1.29 is 14.5 Å². The lowest BCUT2D eigenvalue weighted by molar-refractivity contribution is -0.380. The molecule has 1 fully saturated rings. The Bertz CT molecular complexity index is 464. The first-order valence-electron chi connectivity index (χ1n) is 5.33. The van der Waals surface area contributed by atoms with Crippen molar-refractivity contribution in [1.29, 1.82) is 0 Å². The molecular formula is C10H11BrN2O4S. The molecule has 0 aromatic carbocycles. The Balaban J connectivity index is 2.07. The van der Waals surface area contributed by atoms with Gasteiger partial charge in [0, 0.05) is 24.5 Å². The van der Waals surface area contributed by atoms with Crippen LogP contribution in [0.2, 0.25) is 0 Å². The van der Waals surface area contributed by atoms with Crippen molar-refractivity contribution >= 4 is 38.2 Å². The predicted molar refractivity (Wildman–Crippen MR) is 70.4 cm³/mol. The van der Waals surface area contributed by atoms with Crippen LogP contribution in [0, 0.1) is 10.1 Å². The number of morpholine rings is 1. The van der Waals surface area contributed by atoms with Gasteiger partial charge in [0.25, 0.3) is 5.91 Å². The lowest BCUT2D eigenvalue weighted by Gasteiger charge is -2.31. The van der Waals surface area contributed by atoms with Crippen LogP contribution in [0.15, 0.2) is 12.1 Å². The van der Waals surface area contributed by atoms with Crippen LogP contribution in [0.4, 0.5) is 5.00 Å². The Morgan fingerprint density at radius 1 is 1.67 bits per heavy atom. The molecule has 0 radical (unpaired) electrons. The van der Waals surface area contributed by atoms with Crippen LogP contribution in [-0.2, 0) is 4.74 Å². The second-order valence-electron chi connectivity index (χ2n) is 3.79. The summed E-state index contributed by atoms with van der Waals surface area (Å²) in [6.07, 6.45) is -0.0161. The maximum atomic E-state index is 12.1. The number of thiophene rings is 1. The van der Waals surface area contributed by atoms with Crippen LogP contribution in [0.5, 0.6) is 0 Å². The molecule has 0 spiro atoms. The smallest absolute Gasteiger partial charge is 0.324 e. The van der Waals surface area contributed by atoms with Crippen LogP contribution >= 0.6 is 27.3 Å². The molecule has 1 atom stereocenters. The second-order valence-corrected chi connectivity index (χ2v) is 5.50. The number of hydrogen-bond acceptors (Lipinski definition) is 5. The van der Waals surface area contributed by atoms with Gasteiger partial charge >= 0.3 is 5.00 Å². The molecule has 1 aliphatic rings. The van der Waals surface area contributed by atoms with E-state index >= 15 is 0 Å². The monoisotopic (exact) mass is 334 g/mol. The fourth-order valence-electron chi connectivity index (χ4n) is 1.69. The lowest BCUT2D eigenvalue weighted by atomic mass is 10.3. The average Bonchev–Trinajstić information content (AvgIpc) is 2.87. The molecule has 2 heterocycles. The number of carbonyl (C=O) groups is 1. The maximum absolute atomic E-state index is 12.1. The first kappa shape index (κ1) is 13.4. The van der Waals surface area contributed by atoms with E-state index in [1.54, 1.807) is 4.90 Å². The lowest BCUT2D eigenvalue weighted by Crippen LogP contribution is -2.46. The molecule has 8 heteroatoms. The summed E-state index contributed by atoms with van der Waals surface area (Å²) in [6.45, 7) is 1.53. The number of ether oxygens (including phenoxy) is 1. The van der Waals surface area contributed by atoms with Gasteiger partial charge in [0.15, 0.2) is 0 Å². The van der Waals surface area contributed by atoms with Crippen LogP contribution in [0.25, 0.3) is 0 Å². The van der Waals surface area contributed by atoms with E-state index in [0.717, 1.165) is 11.3 Å². The first-order chi connectivity index (χ1) is 8.61. The summed E-state index contributed by atoms with van der Waals surface area (Å²) >= 11 is 4.23. The molecule has 1 amide bonds. The van der Waals surface area contributed by atoms with Gasteiger partial charge < -0.3 is 9.64 Å². The summed E-state index contributed by atoms with van der Waals surface area (Å²) in [7, 11) is 0. The van der Waals surface area contributed by atoms with E-state index < -0.39 is 4.92 Å². The molecule has 98 valence electrons. The summed E-state index contributed by atoms with van der Waals surface area (Å²) in [5.74, 6) is -0.164. The zero-order valence-electron chi connectivity index (χ0n) is 9.37. The Kier molecular flexibility index (Phi) is 4.31. The third-order valence-electron chi connectivity index (χ3n) is 2.58. The molecule has 0 aliphatic carbocycles. The normalized spacial score (nSPS) is 19.8. The van der Waals surface area contributed by atoms with E-state index in [4.69, 9.17) is 4.74 Å². The van der Waals surface area contributed by atoms with Crippen molar-refractivity contribution in [3.63, 3.8) is 0 Å². The van der Waals surface area contributed by atoms with E-state index in [0.29, 0.717) is 29.9 Å². The molecule has 1 aromatic heterocycles. The molecule has 18 heavy (non-hydrogen) atoms. The molecule has 6 nitrogen and oxygen atoms in total. The minimum absolute atomic E-state index is 0.0105. The Labute approximate surface area is 116 Å². The van der Waals surface area contributed by atoms with Crippen molar-refractivity contribution in [2.45, 2.75) is 6.10 Å². The average molecular weight is 335 g/mol. The van der Waals surface area contributed by atoms with Crippen molar-refractivity contribution in [2.75, 3.05) is 25.0 Å². The molecule has 2 rings (SSSR count). The predicted octanol–water partition coefficient (Wildman–Crippen LogP) is 1.89. The van der Waals surface area contributed by atoms with E-state index in [2.05, 4.69) is 15.9 Å². The number of nitrogens with zero attached hydrogens (tertiary/aromatic N) is 2. The Morgan fingerprint density at radius 2 is 2.44 bits per heavy atom. The number of rotatable bonds is 3. The SMILES string of the molecule is O=C(c1ccc([N+](=O)[O-])s1)N1CCOC(CBr)C1. The van der Waals surface area contributed by atoms with Gasteiger partial charge in [0.05, 0.1) is 22.5 Å². The third kappa shape index (κ3) is 2.88. The fourth-order valence-corrected chi connectivity index (χ4v) is 2.87. The summed E-state index contributed by atoms with van der Waals surface area (Å²) in [5, 5.41) is 11.2. The van der Waals surface area contributed by atoms with Crippen molar-refractivity contribution in [3.8, 4) is 0 Å². The topological polar surface area (TPSA) is 72.7 Å². The van der Waals surface area contributed by atoms with E-state index in [9.17, 15) is 14.9 Å².